The van der Waals surface area contributed by atoms with Gasteiger partial charge < -0.3 is 23.6 Å². The third kappa shape index (κ3) is 2.33. The zero-order chi connectivity index (χ0) is 15.8. The predicted octanol–water partition coefficient (Wildman–Crippen LogP) is 1.72. The third-order valence-corrected chi connectivity index (χ3v) is 4.09. The molecule has 0 aliphatic carbocycles. The molecule has 1 aromatic heterocycles. The summed E-state index contributed by atoms with van der Waals surface area (Å²) in [6.45, 7) is 2.48. The molecule has 1 amide bonds. The third-order valence-electron chi connectivity index (χ3n) is 4.09. The molecule has 120 valence electrons. The summed E-state index contributed by atoms with van der Waals surface area (Å²) in [6.07, 6.45) is 0. The number of hydrogen-bond acceptors (Lipinski definition) is 6. The maximum absolute atomic E-state index is 12.6. The molecule has 7 nitrogen and oxygen atoms in total. The number of amides is 1. The minimum Gasteiger partial charge on any atom is -0.497 e. The van der Waals surface area contributed by atoms with Gasteiger partial charge in [0.2, 0.25) is 0 Å². The van der Waals surface area contributed by atoms with E-state index in [1.165, 1.54) is 0 Å². The second-order valence-corrected chi connectivity index (χ2v) is 5.39. The van der Waals surface area contributed by atoms with Crippen LogP contribution >= 0.6 is 0 Å². The molecule has 7 heteroatoms. The van der Waals surface area contributed by atoms with Gasteiger partial charge in [0.1, 0.15) is 18.1 Å². The summed E-state index contributed by atoms with van der Waals surface area (Å²) in [6, 6.07) is 5.47. The number of carbonyl (C=O) groups excluding carboxylic acids is 1. The van der Waals surface area contributed by atoms with E-state index in [-0.39, 0.29) is 12.5 Å². The van der Waals surface area contributed by atoms with Crippen LogP contribution < -0.4 is 9.47 Å². The molecule has 1 saturated heterocycles. The highest BCUT2D eigenvalue weighted by molar-refractivity contribution is 5.95. The highest BCUT2D eigenvalue weighted by Crippen LogP contribution is 2.40. The van der Waals surface area contributed by atoms with Gasteiger partial charge in [0.15, 0.2) is 11.5 Å². The van der Waals surface area contributed by atoms with Crippen LogP contribution in [0.2, 0.25) is 0 Å². The van der Waals surface area contributed by atoms with Crippen molar-refractivity contribution in [2.45, 2.75) is 6.61 Å². The Morgan fingerprint density at radius 1 is 1.30 bits per heavy atom. The van der Waals surface area contributed by atoms with Crippen molar-refractivity contribution in [2.75, 3.05) is 33.4 Å². The Morgan fingerprint density at radius 2 is 2.13 bits per heavy atom. The molecule has 0 bridgehead atoms. The lowest BCUT2D eigenvalue weighted by Gasteiger charge is -2.26. The number of aromatic nitrogens is 1. The molecule has 0 N–H and O–H groups in total. The molecule has 0 saturated carbocycles. The first-order valence-corrected chi connectivity index (χ1v) is 7.44. The van der Waals surface area contributed by atoms with E-state index in [1.807, 2.05) is 12.1 Å². The number of carbonyl (C=O) groups is 1. The maximum atomic E-state index is 12.6. The van der Waals surface area contributed by atoms with Gasteiger partial charge in [-0.2, -0.15) is 0 Å². The number of fused-ring (bicyclic) bond motifs is 3. The van der Waals surface area contributed by atoms with Crippen LogP contribution in [0.4, 0.5) is 0 Å². The first-order chi connectivity index (χ1) is 11.3. The fraction of sp³-hybridized carbons (Fsp3) is 0.375. The average molecular weight is 316 g/mol. The number of benzene rings is 1. The van der Waals surface area contributed by atoms with Crippen LogP contribution in [0.1, 0.15) is 16.1 Å². The second-order valence-electron chi connectivity index (χ2n) is 5.39. The van der Waals surface area contributed by atoms with Gasteiger partial charge in [-0.05, 0) is 12.1 Å². The number of nitrogens with zero attached hydrogens (tertiary/aromatic N) is 2. The van der Waals surface area contributed by atoms with Gasteiger partial charge in [0.25, 0.3) is 5.91 Å². The summed E-state index contributed by atoms with van der Waals surface area (Å²) in [7, 11) is 1.60. The van der Waals surface area contributed by atoms with Crippen molar-refractivity contribution in [2.24, 2.45) is 0 Å². The van der Waals surface area contributed by atoms with Gasteiger partial charge in [0.05, 0.1) is 31.5 Å². The lowest BCUT2D eigenvalue weighted by atomic mass is 10.0. The van der Waals surface area contributed by atoms with Crippen molar-refractivity contribution < 1.29 is 23.5 Å². The molecule has 1 fully saturated rings. The summed E-state index contributed by atoms with van der Waals surface area (Å²) in [5, 5.41) is 4.00. The Bertz CT molecular complexity index is 749. The van der Waals surface area contributed by atoms with Crippen LogP contribution in [0.3, 0.4) is 0 Å². The smallest absolute Gasteiger partial charge is 0.276 e. The monoisotopic (exact) mass is 316 g/mol. The van der Waals surface area contributed by atoms with E-state index >= 15 is 0 Å². The fourth-order valence-electron chi connectivity index (χ4n) is 2.83. The Balaban J connectivity index is 1.69. The van der Waals surface area contributed by atoms with E-state index in [1.54, 1.807) is 18.1 Å². The van der Waals surface area contributed by atoms with Gasteiger partial charge >= 0.3 is 0 Å². The minimum absolute atomic E-state index is 0.140. The van der Waals surface area contributed by atoms with Crippen LogP contribution in [-0.2, 0) is 11.3 Å². The van der Waals surface area contributed by atoms with Crippen molar-refractivity contribution in [1.82, 2.24) is 10.1 Å². The number of methoxy groups -OCH3 is 1. The number of rotatable bonds is 2. The largest absolute Gasteiger partial charge is 0.497 e. The molecule has 2 aliphatic rings. The molecule has 2 aliphatic heterocycles. The van der Waals surface area contributed by atoms with Crippen molar-refractivity contribution in [3.63, 3.8) is 0 Å². The quantitative estimate of drug-likeness (QED) is 0.840. The number of ether oxygens (including phenoxy) is 3. The molecule has 0 atom stereocenters. The summed E-state index contributed by atoms with van der Waals surface area (Å²) >= 11 is 0. The van der Waals surface area contributed by atoms with Crippen molar-refractivity contribution >= 4 is 5.91 Å². The summed E-state index contributed by atoms with van der Waals surface area (Å²) in [5.41, 5.74) is 1.79. The number of morpholine rings is 1. The molecule has 0 spiro atoms. The Morgan fingerprint density at radius 3 is 2.91 bits per heavy atom. The van der Waals surface area contributed by atoms with Crippen molar-refractivity contribution in [1.29, 1.82) is 0 Å². The summed E-state index contributed by atoms with van der Waals surface area (Å²) in [4.78, 5) is 14.3. The van der Waals surface area contributed by atoms with E-state index in [0.717, 1.165) is 5.56 Å². The van der Waals surface area contributed by atoms with Gasteiger partial charge in [-0.3, -0.25) is 4.79 Å². The molecule has 3 heterocycles. The van der Waals surface area contributed by atoms with E-state index < -0.39 is 0 Å². The van der Waals surface area contributed by atoms with Crippen LogP contribution in [0.25, 0.3) is 11.3 Å². The Labute approximate surface area is 132 Å². The molecule has 4 rings (SSSR count). The topological polar surface area (TPSA) is 74.0 Å². The molecule has 0 unspecified atom stereocenters. The lowest BCUT2D eigenvalue weighted by Crippen LogP contribution is -2.41. The van der Waals surface area contributed by atoms with Crippen molar-refractivity contribution in [3.05, 3.63) is 29.5 Å². The minimum atomic E-state index is -0.140. The summed E-state index contributed by atoms with van der Waals surface area (Å²) < 4.78 is 21.7. The van der Waals surface area contributed by atoms with Gasteiger partial charge in [-0.1, -0.05) is 5.16 Å². The predicted molar refractivity (Wildman–Crippen MR) is 79.5 cm³/mol. The van der Waals surface area contributed by atoms with E-state index in [2.05, 4.69) is 5.16 Å². The Kier molecular flexibility index (Phi) is 3.42. The lowest BCUT2D eigenvalue weighted by molar-refractivity contribution is 0.0295. The van der Waals surface area contributed by atoms with Crippen LogP contribution in [0, 0.1) is 0 Å². The van der Waals surface area contributed by atoms with E-state index in [0.29, 0.717) is 54.8 Å². The standard InChI is InChI=1S/C16H16N2O5/c1-20-10-2-3-11-13(8-10)22-9-12-14(17-23-15(11)12)16(19)18-4-6-21-7-5-18/h2-3,8H,4-7,9H2,1H3. The van der Waals surface area contributed by atoms with E-state index in [9.17, 15) is 4.79 Å². The molecular weight excluding hydrogens is 300 g/mol. The van der Waals surface area contributed by atoms with Crippen LogP contribution in [-0.4, -0.2) is 49.4 Å². The first-order valence-electron chi connectivity index (χ1n) is 7.44. The van der Waals surface area contributed by atoms with Crippen LogP contribution in [0.15, 0.2) is 22.7 Å². The van der Waals surface area contributed by atoms with Crippen LogP contribution in [0.5, 0.6) is 11.5 Å². The van der Waals surface area contributed by atoms with Crippen molar-refractivity contribution in [3.8, 4) is 22.8 Å². The first kappa shape index (κ1) is 14.1. The average Bonchev–Trinajstić information content (AvgIpc) is 3.05. The molecule has 2 aromatic rings. The fourth-order valence-corrected chi connectivity index (χ4v) is 2.83. The molecule has 0 radical (unpaired) electrons. The van der Waals surface area contributed by atoms with E-state index in [4.69, 9.17) is 18.7 Å². The van der Waals surface area contributed by atoms with Gasteiger partial charge in [0, 0.05) is 19.2 Å². The maximum Gasteiger partial charge on any atom is 0.276 e. The molecule has 1 aromatic carbocycles. The number of hydrogen-bond donors (Lipinski definition) is 0. The highest BCUT2D eigenvalue weighted by Gasteiger charge is 2.31. The summed E-state index contributed by atoms with van der Waals surface area (Å²) in [5.74, 6) is 1.82. The SMILES string of the molecule is COc1ccc2c(c1)OCc1c(C(=O)N3CCOCC3)noc1-2. The molecule has 23 heavy (non-hydrogen) atoms. The van der Waals surface area contributed by atoms with Gasteiger partial charge in [-0.15, -0.1) is 0 Å². The Hall–Kier alpha value is -2.54. The van der Waals surface area contributed by atoms with Gasteiger partial charge in [-0.25, -0.2) is 0 Å². The second kappa shape index (κ2) is 5.58. The molecular formula is C16H16N2O5. The zero-order valence-electron chi connectivity index (χ0n) is 12.7. The highest BCUT2D eigenvalue weighted by atomic mass is 16.5. The normalized spacial score (nSPS) is 16.3. The zero-order valence-corrected chi connectivity index (χ0v) is 12.7.